The number of amides is 1. The van der Waals surface area contributed by atoms with E-state index in [1.807, 2.05) is 6.92 Å². The van der Waals surface area contributed by atoms with Gasteiger partial charge in [0.2, 0.25) is 5.75 Å². The van der Waals surface area contributed by atoms with Crippen LogP contribution in [-0.2, 0) is 20.7 Å². The minimum atomic E-state index is -0.503. The maximum Gasteiger partial charge on any atom is 0.310 e. The number of carbonyl (C=O) groups excluding carboxylic acids is 2. The Morgan fingerprint density at radius 2 is 1.57 bits per heavy atom. The Kier molecular flexibility index (Phi) is 10.2. The highest BCUT2D eigenvalue weighted by Crippen LogP contribution is 2.38. The highest BCUT2D eigenvalue weighted by atomic mass is 16.5. The fourth-order valence-electron chi connectivity index (χ4n) is 2.82. The van der Waals surface area contributed by atoms with E-state index in [0.717, 1.165) is 19.3 Å². The summed E-state index contributed by atoms with van der Waals surface area (Å²) in [6.07, 6.45) is 3.08. The number of hydrogen-bond donors (Lipinski definition) is 1. The van der Waals surface area contributed by atoms with Gasteiger partial charge in [0.25, 0.3) is 5.91 Å². The van der Waals surface area contributed by atoms with E-state index in [9.17, 15) is 9.59 Å². The van der Waals surface area contributed by atoms with Crippen molar-refractivity contribution in [1.29, 1.82) is 0 Å². The van der Waals surface area contributed by atoms with Crippen LogP contribution in [-0.4, -0.2) is 45.9 Å². The summed E-state index contributed by atoms with van der Waals surface area (Å²) in [6, 6.07) is 3.42. The Bertz CT molecular complexity index is 619. The van der Waals surface area contributed by atoms with Gasteiger partial charge in [0.15, 0.2) is 18.1 Å². The van der Waals surface area contributed by atoms with E-state index in [1.165, 1.54) is 21.3 Å². The molecule has 1 rings (SSSR count). The van der Waals surface area contributed by atoms with Crippen molar-refractivity contribution in [2.45, 2.75) is 52.5 Å². The molecule has 0 aliphatic carbocycles. The number of methoxy groups -OCH3 is 3. The molecule has 0 heterocycles. The number of rotatable bonds is 12. The molecule has 0 saturated carbocycles. The van der Waals surface area contributed by atoms with E-state index in [1.54, 1.807) is 12.1 Å². The van der Waals surface area contributed by atoms with E-state index in [2.05, 4.69) is 19.2 Å². The topological polar surface area (TPSA) is 83.1 Å². The number of ether oxygens (including phenoxy) is 4. The Balaban J connectivity index is 2.51. The van der Waals surface area contributed by atoms with Crippen LogP contribution in [0.15, 0.2) is 12.1 Å². The van der Waals surface area contributed by atoms with Gasteiger partial charge in [-0.15, -0.1) is 0 Å². The van der Waals surface area contributed by atoms with Gasteiger partial charge in [-0.3, -0.25) is 9.59 Å². The van der Waals surface area contributed by atoms with E-state index in [-0.39, 0.29) is 25.0 Å². The fraction of sp³-hybridized carbons (Fsp3) is 0.619. The highest BCUT2D eigenvalue weighted by molar-refractivity contribution is 5.81. The van der Waals surface area contributed by atoms with Gasteiger partial charge in [-0.05, 0) is 37.0 Å². The first-order chi connectivity index (χ1) is 13.3. The molecule has 0 aliphatic heterocycles. The lowest BCUT2D eigenvalue weighted by Gasteiger charge is -2.15. The van der Waals surface area contributed by atoms with Gasteiger partial charge in [0.05, 0.1) is 27.8 Å². The normalized spacial score (nSPS) is 11.7. The van der Waals surface area contributed by atoms with E-state index < -0.39 is 5.97 Å². The molecule has 1 unspecified atom stereocenters. The molecule has 1 amide bonds. The zero-order chi connectivity index (χ0) is 21.1. The standard InChI is InChI=1S/C21H33NO6/c1-14(2)8-7-9-15(3)22-19(23)13-28-20(24)12-16-10-17(25-4)21(27-6)18(11-16)26-5/h10-11,14-15H,7-9,12-13H2,1-6H3,(H,22,23). The summed E-state index contributed by atoms with van der Waals surface area (Å²) >= 11 is 0. The lowest BCUT2D eigenvalue weighted by atomic mass is 10.0. The molecule has 1 atom stereocenters. The van der Waals surface area contributed by atoms with Gasteiger partial charge in [-0.2, -0.15) is 0 Å². The van der Waals surface area contributed by atoms with Gasteiger partial charge in [0, 0.05) is 6.04 Å². The van der Waals surface area contributed by atoms with Crippen LogP contribution in [0.3, 0.4) is 0 Å². The van der Waals surface area contributed by atoms with Crippen LogP contribution in [0.4, 0.5) is 0 Å². The van der Waals surface area contributed by atoms with Crippen LogP contribution in [0.5, 0.6) is 17.2 Å². The minimum absolute atomic E-state index is 0.00602. The monoisotopic (exact) mass is 395 g/mol. The third-order valence-electron chi connectivity index (χ3n) is 4.26. The summed E-state index contributed by atoms with van der Waals surface area (Å²) < 4.78 is 20.9. The van der Waals surface area contributed by atoms with Crippen LogP contribution < -0.4 is 19.5 Å². The molecule has 28 heavy (non-hydrogen) atoms. The molecule has 1 aromatic carbocycles. The first kappa shape index (κ1) is 23.6. The number of nitrogens with one attached hydrogen (secondary N) is 1. The zero-order valence-corrected chi connectivity index (χ0v) is 17.8. The number of carbonyl (C=O) groups is 2. The van der Waals surface area contributed by atoms with Crippen molar-refractivity contribution in [3.63, 3.8) is 0 Å². The molecule has 0 aromatic heterocycles. The summed E-state index contributed by atoms with van der Waals surface area (Å²) in [5, 5.41) is 2.85. The van der Waals surface area contributed by atoms with Crippen molar-refractivity contribution in [2.75, 3.05) is 27.9 Å². The summed E-state index contributed by atoms with van der Waals surface area (Å²) in [5.41, 5.74) is 0.641. The Morgan fingerprint density at radius 1 is 0.964 bits per heavy atom. The second kappa shape index (κ2) is 12.1. The molecular formula is C21H33NO6. The maximum atomic E-state index is 12.1. The predicted octanol–water partition coefficient (Wildman–Crippen LogP) is 3.13. The van der Waals surface area contributed by atoms with E-state index in [4.69, 9.17) is 18.9 Å². The van der Waals surface area contributed by atoms with Gasteiger partial charge in [-0.25, -0.2) is 0 Å². The van der Waals surface area contributed by atoms with Gasteiger partial charge in [0.1, 0.15) is 0 Å². The molecule has 7 nitrogen and oxygen atoms in total. The third kappa shape index (κ3) is 8.06. The van der Waals surface area contributed by atoms with Crippen LogP contribution in [0.25, 0.3) is 0 Å². The molecule has 0 spiro atoms. The predicted molar refractivity (Wildman–Crippen MR) is 107 cm³/mol. The van der Waals surface area contributed by atoms with Crippen molar-refractivity contribution in [3.05, 3.63) is 17.7 Å². The summed E-state index contributed by atoms with van der Waals surface area (Å²) in [7, 11) is 4.52. The van der Waals surface area contributed by atoms with Crippen LogP contribution >= 0.6 is 0 Å². The lowest BCUT2D eigenvalue weighted by Crippen LogP contribution is -2.36. The smallest absolute Gasteiger partial charge is 0.310 e. The Hall–Kier alpha value is -2.44. The number of benzene rings is 1. The minimum Gasteiger partial charge on any atom is -0.493 e. The first-order valence-corrected chi connectivity index (χ1v) is 9.54. The zero-order valence-electron chi connectivity index (χ0n) is 17.8. The Labute approximate surface area is 167 Å². The molecule has 0 aliphatic rings. The average Bonchev–Trinajstić information content (AvgIpc) is 2.65. The largest absolute Gasteiger partial charge is 0.493 e. The maximum absolute atomic E-state index is 12.1. The second-order valence-electron chi connectivity index (χ2n) is 7.16. The van der Waals surface area contributed by atoms with Crippen LogP contribution in [0.1, 0.15) is 45.6 Å². The van der Waals surface area contributed by atoms with Gasteiger partial charge in [-0.1, -0.05) is 26.7 Å². The molecule has 0 bridgehead atoms. The van der Waals surface area contributed by atoms with Crippen molar-refractivity contribution in [1.82, 2.24) is 5.32 Å². The van der Waals surface area contributed by atoms with Crippen molar-refractivity contribution >= 4 is 11.9 Å². The molecule has 0 saturated heterocycles. The van der Waals surface area contributed by atoms with E-state index in [0.29, 0.717) is 28.7 Å². The van der Waals surface area contributed by atoms with Crippen LogP contribution in [0.2, 0.25) is 0 Å². The van der Waals surface area contributed by atoms with Gasteiger partial charge >= 0.3 is 5.97 Å². The Morgan fingerprint density at radius 3 is 2.07 bits per heavy atom. The van der Waals surface area contributed by atoms with Crippen molar-refractivity contribution < 1.29 is 28.5 Å². The SMILES string of the molecule is COc1cc(CC(=O)OCC(=O)NC(C)CCCC(C)C)cc(OC)c1OC. The molecule has 7 heteroatoms. The third-order valence-corrected chi connectivity index (χ3v) is 4.26. The molecule has 1 N–H and O–H groups in total. The van der Waals surface area contributed by atoms with Crippen molar-refractivity contribution in [2.24, 2.45) is 5.92 Å². The van der Waals surface area contributed by atoms with Crippen molar-refractivity contribution in [3.8, 4) is 17.2 Å². The fourth-order valence-corrected chi connectivity index (χ4v) is 2.82. The first-order valence-electron chi connectivity index (χ1n) is 9.54. The molecule has 0 radical (unpaired) electrons. The molecular weight excluding hydrogens is 362 g/mol. The average molecular weight is 395 g/mol. The number of esters is 1. The number of hydrogen-bond acceptors (Lipinski definition) is 6. The molecule has 158 valence electrons. The lowest BCUT2D eigenvalue weighted by molar-refractivity contribution is -0.148. The summed E-state index contributed by atoms with van der Waals surface area (Å²) in [5.74, 6) is 1.22. The van der Waals surface area contributed by atoms with Crippen LogP contribution in [0, 0.1) is 5.92 Å². The van der Waals surface area contributed by atoms with Gasteiger partial charge < -0.3 is 24.3 Å². The quantitative estimate of drug-likeness (QED) is 0.548. The summed E-state index contributed by atoms with van der Waals surface area (Å²) in [6.45, 7) is 6.01. The molecule has 1 aromatic rings. The second-order valence-corrected chi connectivity index (χ2v) is 7.16. The van der Waals surface area contributed by atoms with E-state index >= 15 is 0 Å². The molecule has 0 fully saturated rings. The summed E-state index contributed by atoms with van der Waals surface area (Å²) in [4.78, 5) is 24.0. The highest BCUT2D eigenvalue weighted by Gasteiger charge is 2.16.